The lowest BCUT2D eigenvalue weighted by Crippen LogP contribution is -2.54. The molecule has 0 aliphatic carbocycles. The number of nitrogens with one attached hydrogen (secondary N) is 1. The molecule has 0 unspecified atom stereocenters. The third-order valence-corrected chi connectivity index (χ3v) is 5.28. The first kappa shape index (κ1) is 21.5. The summed E-state index contributed by atoms with van der Waals surface area (Å²) in [7, 11) is 0. The number of imide groups is 2. The average Bonchev–Trinajstić information content (AvgIpc) is 2.98. The van der Waals surface area contributed by atoms with Crippen LogP contribution in [0.1, 0.15) is 49.6 Å². The lowest BCUT2D eigenvalue weighted by Gasteiger charge is -2.26. The van der Waals surface area contributed by atoms with Gasteiger partial charge in [-0.25, -0.2) is 9.18 Å². The molecule has 1 aromatic heterocycles. The number of hydrogen-bond acceptors (Lipinski definition) is 3. The smallest absolute Gasteiger partial charge is 0.318 e. The first-order chi connectivity index (χ1) is 14.3. The minimum atomic E-state index is -0.693. The lowest BCUT2D eigenvalue weighted by atomic mass is 10.1. The Balaban J connectivity index is 1.90. The number of hydrogen-bond donors (Lipinski definition) is 1. The number of carbonyl (C=O) groups excluding carboxylic acids is 3. The number of barbiturate groups is 1. The highest BCUT2D eigenvalue weighted by Crippen LogP contribution is 2.24. The molecule has 1 aliphatic rings. The van der Waals surface area contributed by atoms with Crippen LogP contribution in [0.25, 0.3) is 11.8 Å². The summed E-state index contributed by atoms with van der Waals surface area (Å²) in [5, 5.41) is 2.26. The summed E-state index contributed by atoms with van der Waals surface area (Å²) in [6.07, 6.45) is 5.21. The fraction of sp³-hybridized carbons (Fsp3) is 0.348. The maximum atomic E-state index is 13.3. The van der Waals surface area contributed by atoms with E-state index in [2.05, 4.69) is 12.2 Å². The Labute approximate surface area is 175 Å². The zero-order valence-electron chi connectivity index (χ0n) is 17.5. The molecule has 0 bridgehead atoms. The second-order valence-electron chi connectivity index (χ2n) is 7.47. The van der Waals surface area contributed by atoms with Crippen molar-refractivity contribution in [3.05, 3.63) is 58.7 Å². The van der Waals surface area contributed by atoms with Crippen LogP contribution in [0.15, 0.2) is 35.9 Å². The van der Waals surface area contributed by atoms with Crippen molar-refractivity contribution in [2.24, 2.45) is 0 Å². The van der Waals surface area contributed by atoms with E-state index in [1.165, 1.54) is 18.2 Å². The van der Waals surface area contributed by atoms with Gasteiger partial charge in [0.15, 0.2) is 0 Å². The summed E-state index contributed by atoms with van der Waals surface area (Å²) in [6, 6.07) is 7.28. The summed E-state index contributed by atoms with van der Waals surface area (Å²) in [5.74, 6) is -1.59. The van der Waals surface area contributed by atoms with Crippen molar-refractivity contribution in [1.29, 1.82) is 0 Å². The van der Waals surface area contributed by atoms with Gasteiger partial charge in [-0.15, -0.1) is 0 Å². The van der Waals surface area contributed by atoms with E-state index in [0.29, 0.717) is 12.0 Å². The van der Waals surface area contributed by atoms with Crippen LogP contribution in [0.5, 0.6) is 0 Å². The molecule has 0 radical (unpaired) electrons. The van der Waals surface area contributed by atoms with Gasteiger partial charge in [0, 0.05) is 23.6 Å². The van der Waals surface area contributed by atoms with Crippen molar-refractivity contribution < 1.29 is 18.8 Å². The second kappa shape index (κ2) is 9.07. The van der Waals surface area contributed by atoms with Gasteiger partial charge < -0.3 is 4.57 Å². The number of amides is 4. The van der Waals surface area contributed by atoms with Gasteiger partial charge in [-0.1, -0.05) is 26.2 Å². The summed E-state index contributed by atoms with van der Waals surface area (Å²) >= 11 is 0. The maximum absolute atomic E-state index is 13.3. The number of benzene rings is 1. The molecule has 2 aromatic rings. The van der Waals surface area contributed by atoms with Crippen LogP contribution in [-0.2, 0) is 9.59 Å². The van der Waals surface area contributed by atoms with E-state index in [9.17, 15) is 18.8 Å². The number of unbranched alkanes of at least 4 members (excludes halogenated alkanes) is 3. The highest BCUT2D eigenvalue weighted by Gasteiger charge is 2.35. The van der Waals surface area contributed by atoms with E-state index >= 15 is 0 Å². The van der Waals surface area contributed by atoms with E-state index < -0.39 is 17.8 Å². The van der Waals surface area contributed by atoms with E-state index in [1.807, 2.05) is 24.5 Å². The summed E-state index contributed by atoms with van der Waals surface area (Å²) in [4.78, 5) is 38.4. The molecule has 4 amide bonds. The first-order valence-corrected chi connectivity index (χ1v) is 10.2. The number of rotatable bonds is 7. The van der Waals surface area contributed by atoms with Crippen LogP contribution in [0.2, 0.25) is 0 Å². The van der Waals surface area contributed by atoms with Crippen molar-refractivity contribution in [3.63, 3.8) is 0 Å². The number of aryl methyl sites for hydroxylation is 1. The quantitative estimate of drug-likeness (QED) is 0.420. The molecule has 1 saturated heterocycles. The number of halogens is 1. The van der Waals surface area contributed by atoms with Gasteiger partial charge >= 0.3 is 6.03 Å². The van der Waals surface area contributed by atoms with Crippen LogP contribution < -0.4 is 5.32 Å². The number of carbonyl (C=O) groups is 3. The van der Waals surface area contributed by atoms with Gasteiger partial charge in [-0.2, -0.15) is 0 Å². The molecular weight excluding hydrogens is 385 g/mol. The van der Waals surface area contributed by atoms with Crippen LogP contribution in [0.3, 0.4) is 0 Å². The highest BCUT2D eigenvalue weighted by atomic mass is 19.1. The van der Waals surface area contributed by atoms with Crippen LogP contribution in [0.4, 0.5) is 9.18 Å². The Morgan fingerprint density at radius 1 is 1.03 bits per heavy atom. The molecule has 7 heteroatoms. The Morgan fingerprint density at radius 2 is 1.73 bits per heavy atom. The Morgan fingerprint density at radius 3 is 2.40 bits per heavy atom. The predicted octanol–water partition coefficient (Wildman–Crippen LogP) is 4.28. The highest BCUT2D eigenvalue weighted by molar-refractivity contribution is 6.31. The van der Waals surface area contributed by atoms with Gasteiger partial charge in [0.25, 0.3) is 11.8 Å². The zero-order valence-corrected chi connectivity index (χ0v) is 17.5. The minimum absolute atomic E-state index is 0.0653. The Bertz CT molecular complexity index is 1010. The van der Waals surface area contributed by atoms with Gasteiger partial charge in [0.1, 0.15) is 11.4 Å². The topological polar surface area (TPSA) is 71.4 Å². The monoisotopic (exact) mass is 411 g/mol. The van der Waals surface area contributed by atoms with Crippen molar-refractivity contribution in [2.45, 2.75) is 46.5 Å². The fourth-order valence-electron chi connectivity index (χ4n) is 3.67. The molecule has 0 atom stereocenters. The molecule has 30 heavy (non-hydrogen) atoms. The summed E-state index contributed by atoms with van der Waals surface area (Å²) < 4.78 is 15.2. The first-order valence-electron chi connectivity index (χ1n) is 10.2. The van der Waals surface area contributed by atoms with Crippen molar-refractivity contribution in [2.75, 3.05) is 6.54 Å². The number of urea groups is 1. The van der Waals surface area contributed by atoms with E-state index in [1.54, 1.807) is 12.1 Å². The molecule has 0 saturated carbocycles. The minimum Gasteiger partial charge on any atom is -0.318 e. The summed E-state index contributed by atoms with van der Waals surface area (Å²) in [6.45, 7) is 6.12. The van der Waals surface area contributed by atoms with Crippen LogP contribution in [0, 0.1) is 19.7 Å². The number of aromatic nitrogens is 1. The molecular formula is C23H26FN3O3. The molecule has 1 fully saturated rings. The average molecular weight is 411 g/mol. The normalized spacial score (nSPS) is 15.8. The van der Waals surface area contributed by atoms with Crippen molar-refractivity contribution in [3.8, 4) is 5.69 Å². The van der Waals surface area contributed by atoms with Gasteiger partial charge in [-0.05, 0) is 62.2 Å². The van der Waals surface area contributed by atoms with Gasteiger partial charge in [0.2, 0.25) is 0 Å². The van der Waals surface area contributed by atoms with Gasteiger partial charge in [0.05, 0.1) is 0 Å². The van der Waals surface area contributed by atoms with Crippen molar-refractivity contribution in [1.82, 2.24) is 14.8 Å². The molecule has 1 aromatic carbocycles. The number of nitrogens with zero attached hydrogens (tertiary/aromatic N) is 2. The van der Waals surface area contributed by atoms with Crippen molar-refractivity contribution >= 4 is 23.9 Å². The van der Waals surface area contributed by atoms with Crippen LogP contribution >= 0.6 is 0 Å². The lowest BCUT2D eigenvalue weighted by molar-refractivity contribution is -0.130. The third kappa shape index (κ3) is 4.35. The molecule has 158 valence electrons. The molecule has 1 N–H and O–H groups in total. The summed E-state index contributed by atoms with van der Waals surface area (Å²) in [5.41, 5.74) is 3.09. The zero-order chi connectivity index (χ0) is 21.8. The SMILES string of the molecule is CCCCCCN1C(=O)NC(=O)C(=Cc2cc(C)n(-c3ccc(F)cc3)c2C)C1=O. The van der Waals surface area contributed by atoms with E-state index in [-0.39, 0.29) is 17.9 Å². The Hall–Kier alpha value is -3.22. The van der Waals surface area contributed by atoms with E-state index in [4.69, 9.17) is 0 Å². The van der Waals surface area contributed by atoms with Gasteiger partial charge in [-0.3, -0.25) is 19.8 Å². The standard InChI is InChI=1S/C23H26FN3O3/c1-4-5-6-7-12-26-22(29)20(21(28)25-23(26)30)14-17-13-15(2)27(16(17)3)19-10-8-18(24)9-11-19/h8-11,13-14H,4-7,12H2,1-3H3,(H,25,28,30). The van der Waals surface area contributed by atoms with Crippen LogP contribution in [-0.4, -0.2) is 33.9 Å². The van der Waals surface area contributed by atoms with E-state index in [0.717, 1.165) is 41.2 Å². The second-order valence-corrected chi connectivity index (χ2v) is 7.47. The molecule has 6 nitrogen and oxygen atoms in total. The Kier molecular flexibility index (Phi) is 6.50. The third-order valence-electron chi connectivity index (χ3n) is 5.28. The molecule has 2 heterocycles. The fourth-order valence-corrected chi connectivity index (χ4v) is 3.67. The maximum Gasteiger partial charge on any atom is 0.331 e. The predicted molar refractivity (Wildman–Crippen MR) is 113 cm³/mol. The molecule has 3 rings (SSSR count). The molecule has 1 aliphatic heterocycles. The largest absolute Gasteiger partial charge is 0.331 e. The molecule has 0 spiro atoms.